The van der Waals surface area contributed by atoms with E-state index in [4.69, 9.17) is 0 Å². The molecule has 0 aliphatic carbocycles. The minimum atomic E-state index is 0.0573. The fourth-order valence-electron chi connectivity index (χ4n) is 3.70. The van der Waals surface area contributed by atoms with Gasteiger partial charge in [0, 0.05) is 49.7 Å². The number of H-pyrrole nitrogens is 1. The van der Waals surface area contributed by atoms with Gasteiger partial charge in [-0.05, 0) is 37.2 Å². The Labute approximate surface area is 160 Å². The predicted octanol–water partition coefficient (Wildman–Crippen LogP) is 3.49. The molecule has 0 unspecified atom stereocenters. The summed E-state index contributed by atoms with van der Waals surface area (Å²) in [6.07, 6.45) is 3.21. The van der Waals surface area contributed by atoms with Crippen molar-refractivity contribution in [3.8, 4) is 0 Å². The zero-order valence-corrected chi connectivity index (χ0v) is 15.7. The molecule has 1 aliphatic heterocycles. The number of carbonyl (C=O) groups excluding carboxylic acids is 1. The zero-order chi connectivity index (χ0) is 18.6. The number of likely N-dealkylation sites (N-methyl/N-ethyl adjacent to an activating group) is 1. The molecule has 1 amide bonds. The maximum Gasteiger partial charge on any atom is 0.224 e. The molecule has 0 bridgehead atoms. The van der Waals surface area contributed by atoms with Gasteiger partial charge in [-0.1, -0.05) is 30.3 Å². The highest BCUT2D eigenvalue weighted by Gasteiger charge is 2.17. The first-order valence-corrected chi connectivity index (χ1v) is 9.58. The van der Waals surface area contributed by atoms with Crippen LogP contribution in [0.5, 0.6) is 0 Å². The molecule has 2 N–H and O–H groups in total. The lowest BCUT2D eigenvalue weighted by Gasteiger charge is -2.35. The third-order valence-corrected chi connectivity index (χ3v) is 5.32. The van der Waals surface area contributed by atoms with Crippen molar-refractivity contribution in [2.24, 2.45) is 0 Å². The van der Waals surface area contributed by atoms with Gasteiger partial charge in [0.2, 0.25) is 5.91 Å². The topological polar surface area (TPSA) is 51.4 Å². The van der Waals surface area contributed by atoms with Crippen LogP contribution in [-0.2, 0) is 11.2 Å². The molecule has 1 aromatic heterocycles. The van der Waals surface area contributed by atoms with Gasteiger partial charge in [0.1, 0.15) is 0 Å². The number of aromatic amines is 1. The Kier molecular flexibility index (Phi) is 5.12. The minimum absolute atomic E-state index is 0.0573. The van der Waals surface area contributed by atoms with Crippen molar-refractivity contribution in [3.05, 3.63) is 60.3 Å². The standard InChI is InChI=1S/C22H26N4O/c1-25-12-14-26(15-13-25)21-9-5-4-8-20(21)24-22(27)11-10-17-16-23-19-7-3-2-6-18(17)19/h2-9,16,23H,10-15H2,1H3,(H,24,27). The molecule has 3 aromatic rings. The molecule has 0 saturated carbocycles. The number of benzene rings is 2. The second-order valence-electron chi connectivity index (χ2n) is 7.22. The van der Waals surface area contributed by atoms with Crippen LogP contribution in [0.1, 0.15) is 12.0 Å². The smallest absolute Gasteiger partial charge is 0.224 e. The van der Waals surface area contributed by atoms with Crippen LogP contribution in [0.4, 0.5) is 11.4 Å². The third kappa shape index (κ3) is 3.98. The summed E-state index contributed by atoms with van der Waals surface area (Å²) in [5.74, 6) is 0.0573. The molecule has 5 heteroatoms. The Morgan fingerprint density at radius 3 is 2.63 bits per heavy atom. The Morgan fingerprint density at radius 1 is 1.04 bits per heavy atom. The highest BCUT2D eigenvalue weighted by atomic mass is 16.1. The number of fused-ring (bicyclic) bond motifs is 1. The molecule has 2 aromatic carbocycles. The number of aryl methyl sites for hydroxylation is 1. The van der Waals surface area contributed by atoms with Gasteiger partial charge < -0.3 is 20.1 Å². The van der Waals surface area contributed by atoms with E-state index in [0.29, 0.717) is 6.42 Å². The van der Waals surface area contributed by atoms with E-state index in [1.807, 2.05) is 36.5 Å². The molecule has 5 nitrogen and oxygen atoms in total. The van der Waals surface area contributed by atoms with E-state index in [2.05, 4.69) is 45.3 Å². The van der Waals surface area contributed by atoms with Crippen molar-refractivity contribution in [1.82, 2.24) is 9.88 Å². The van der Waals surface area contributed by atoms with Crippen molar-refractivity contribution >= 4 is 28.2 Å². The summed E-state index contributed by atoms with van der Waals surface area (Å²) in [4.78, 5) is 20.5. The largest absolute Gasteiger partial charge is 0.367 e. The molecule has 1 fully saturated rings. The van der Waals surface area contributed by atoms with Crippen LogP contribution in [0, 0.1) is 0 Å². The summed E-state index contributed by atoms with van der Waals surface area (Å²) < 4.78 is 0. The highest BCUT2D eigenvalue weighted by Crippen LogP contribution is 2.27. The first kappa shape index (κ1) is 17.6. The summed E-state index contributed by atoms with van der Waals surface area (Å²) in [6, 6.07) is 16.3. The van der Waals surface area contributed by atoms with E-state index in [9.17, 15) is 4.79 Å². The van der Waals surface area contributed by atoms with Crippen molar-refractivity contribution in [3.63, 3.8) is 0 Å². The van der Waals surface area contributed by atoms with Gasteiger partial charge in [0.05, 0.1) is 11.4 Å². The summed E-state index contributed by atoms with van der Waals surface area (Å²) in [5, 5.41) is 4.32. The molecule has 140 valence electrons. The maximum atomic E-state index is 12.6. The van der Waals surface area contributed by atoms with E-state index < -0.39 is 0 Å². The number of hydrogen-bond donors (Lipinski definition) is 2. The molecule has 27 heavy (non-hydrogen) atoms. The lowest BCUT2D eigenvalue weighted by molar-refractivity contribution is -0.116. The average molecular weight is 362 g/mol. The van der Waals surface area contributed by atoms with Gasteiger partial charge in [-0.25, -0.2) is 0 Å². The molecule has 1 saturated heterocycles. The van der Waals surface area contributed by atoms with Crippen LogP contribution in [0.3, 0.4) is 0 Å². The van der Waals surface area contributed by atoms with Crippen LogP contribution in [0.2, 0.25) is 0 Å². The molecular formula is C22H26N4O. The Balaban J connectivity index is 1.41. The quantitative estimate of drug-likeness (QED) is 0.730. The fraction of sp³-hybridized carbons (Fsp3) is 0.318. The second-order valence-corrected chi connectivity index (χ2v) is 7.22. The third-order valence-electron chi connectivity index (χ3n) is 5.32. The molecule has 1 aliphatic rings. The Morgan fingerprint density at radius 2 is 1.78 bits per heavy atom. The summed E-state index contributed by atoms with van der Waals surface area (Å²) in [6.45, 7) is 4.06. The van der Waals surface area contributed by atoms with E-state index >= 15 is 0 Å². The average Bonchev–Trinajstić information content (AvgIpc) is 3.11. The fourth-order valence-corrected chi connectivity index (χ4v) is 3.70. The van der Waals surface area contributed by atoms with Gasteiger partial charge in [0.15, 0.2) is 0 Å². The number of rotatable bonds is 5. The molecule has 4 rings (SSSR count). The van der Waals surface area contributed by atoms with Gasteiger partial charge in [-0.15, -0.1) is 0 Å². The van der Waals surface area contributed by atoms with Crippen LogP contribution >= 0.6 is 0 Å². The molecule has 0 radical (unpaired) electrons. The Bertz CT molecular complexity index is 925. The minimum Gasteiger partial charge on any atom is -0.367 e. The highest BCUT2D eigenvalue weighted by molar-refractivity contribution is 5.95. The van der Waals surface area contributed by atoms with E-state index in [0.717, 1.165) is 49.5 Å². The number of anilines is 2. The van der Waals surface area contributed by atoms with E-state index in [1.165, 1.54) is 10.9 Å². The second kappa shape index (κ2) is 7.84. The molecule has 0 spiro atoms. The van der Waals surface area contributed by atoms with Gasteiger partial charge >= 0.3 is 0 Å². The van der Waals surface area contributed by atoms with Gasteiger partial charge in [-0.3, -0.25) is 4.79 Å². The number of nitrogens with zero attached hydrogens (tertiary/aromatic N) is 2. The van der Waals surface area contributed by atoms with Gasteiger partial charge in [0.25, 0.3) is 0 Å². The summed E-state index contributed by atoms with van der Waals surface area (Å²) in [5.41, 5.74) is 4.33. The maximum absolute atomic E-state index is 12.6. The number of hydrogen-bond acceptors (Lipinski definition) is 3. The molecule has 0 atom stereocenters. The first-order chi connectivity index (χ1) is 13.2. The number of nitrogens with one attached hydrogen (secondary N) is 2. The number of carbonyl (C=O) groups is 1. The number of para-hydroxylation sites is 3. The zero-order valence-electron chi connectivity index (χ0n) is 15.7. The van der Waals surface area contributed by atoms with Crippen LogP contribution in [0.15, 0.2) is 54.7 Å². The first-order valence-electron chi connectivity index (χ1n) is 9.58. The van der Waals surface area contributed by atoms with Crippen molar-refractivity contribution < 1.29 is 4.79 Å². The van der Waals surface area contributed by atoms with Crippen LogP contribution < -0.4 is 10.2 Å². The number of amides is 1. The van der Waals surface area contributed by atoms with E-state index in [-0.39, 0.29) is 5.91 Å². The predicted molar refractivity (Wildman–Crippen MR) is 111 cm³/mol. The van der Waals surface area contributed by atoms with Crippen molar-refractivity contribution in [1.29, 1.82) is 0 Å². The SMILES string of the molecule is CN1CCN(c2ccccc2NC(=O)CCc2c[nH]c3ccccc23)CC1. The molecular weight excluding hydrogens is 336 g/mol. The van der Waals surface area contributed by atoms with Gasteiger partial charge in [-0.2, -0.15) is 0 Å². The lowest BCUT2D eigenvalue weighted by Crippen LogP contribution is -2.44. The summed E-state index contributed by atoms with van der Waals surface area (Å²) >= 11 is 0. The summed E-state index contributed by atoms with van der Waals surface area (Å²) in [7, 11) is 2.15. The van der Waals surface area contributed by atoms with E-state index in [1.54, 1.807) is 0 Å². The lowest BCUT2D eigenvalue weighted by atomic mass is 10.1. The van der Waals surface area contributed by atoms with Crippen molar-refractivity contribution in [2.75, 3.05) is 43.4 Å². The number of piperazine rings is 1. The molecule has 2 heterocycles. The van der Waals surface area contributed by atoms with Crippen LogP contribution in [0.25, 0.3) is 10.9 Å². The Hall–Kier alpha value is -2.79. The normalized spacial score (nSPS) is 15.2. The van der Waals surface area contributed by atoms with Crippen LogP contribution in [-0.4, -0.2) is 49.0 Å². The number of aromatic nitrogens is 1. The monoisotopic (exact) mass is 362 g/mol. The van der Waals surface area contributed by atoms with Crippen molar-refractivity contribution in [2.45, 2.75) is 12.8 Å².